The number of anilines is 2. The zero-order valence-electron chi connectivity index (χ0n) is 23.6. The molecule has 1 atom stereocenters. The van der Waals surface area contributed by atoms with E-state index in [4.69, 9.17) is 11.6 Å². The van der Waals surface area contributed by atoms with Crippen molar-refractivity contribution in [3.05, 3.63) is 161 Å². The Balaban J connectivity index is 1.31. The molecule has 5 rings (SSSR count). The van der Waals surface area contributed by atoms with Crippen LogP contribution < -0.4 is 16.0 Å². The first-order valence-electron chi connectivity index (χ1n) is 13.7. The number of benzene rings is 4. The molecule has 5 aromatic rings. The van der Waals surface area contributed by atoms with Crippen LogP contribution in [0.4, 0.5) is 15.8 Å². The molecule has 0 fully saturated rings. The minimum absolute atomic E-state index is 0.0389. The Hall–Kier alpha value is -5.25. The highest BCUT2D eigenvalue weighted by Crippen LogP contribution is 2.37. The molecule has 45 heavy (non-hydrogen) atoms. The Morgan fingerprint density at radius 2 is 1.49 bits per heavy atom. The minimum atomic E-state index is -0.641. The van der Waals surface area contributed by atoms with Crippen molar-refractivity contribution in [1.29, 1.82) is 0 Å². The predicted octanol–water partition coefficient (Wildman–Crippen LogP) is 7.76. The van der Waals surface area contributed by atoms with Gasteiger partial charge < -0.3 is 16.0 Å². The highest BCUT2D eigenvalue weighted by atomic mass is 35.5. The lowest BCUT2D eigenvalue weighted by atomic mass is 10.1. The van der Waals surface area contributed by atoms with E-state index < -0.39 is 22.9 Å². The smallest absolute Gasteiger partial charge is 0.272 e. The van der Waals surface area contributed by atoms with Crippen LogP contribution in [-0.4, -0.2) is 22.7 Å². The van der Waals surface area contributed by atoms with Crippen LogP contribution in [0.5, 0.6) is 0 Å². The number of halogens is 2. The molecule has 0 bridgehead atoms. The highest BCUT2D eigenvalue weighted by Gasteiger charge is 2.23. The second-order valence-corrected chi connectivity index (χ2v) is 11.3. The molecule has 0 saturated carbocycles. The maximum atomic E-state index is 13.6. The number of amides is 3. The lowest BCUT2D eigenvalue weighted by molar-refractivity contribution is -0.116. The van der Waals surface area contributed by atoms with Crippen LogP contribution in [0, 0.1) is 5.82 Å². The molecule has 0 saturated heterocycles. The fraction of sp³-hybridized carbons (Fsp3) is 0.0286. The van der Waals surface area contributed by atoms with E-state index in [0.29, 0.717) is 22.5 Å². The zero-order valence-corrected chi connectivity index (χ0v) is 25.2. The van der Waals surface area contributed by atoms with Crippen LogP contribution in [0.25, 0.3) is 6.08 Å². The van der Waals surface area contributed by atoms with E-state index in [1.165, 1.54) is 30.0 Å². The lowest BCUT2D eigenvalue weighted by Gasteiger charge is -2.18. The molecule has 0 radical (unpaired) electrons. The third kappa shape index (κ3) is 8.66. The lowest BCUT2D eigenvalue weighted by Crippen LogP contribution is -2.30. The van der Waals surface area contributed by atoms with E-state index in [0.717, 1.165) is 10.5 Å². The van der Waals surface area contributed by atoms with Gasteiger partial charge in [-0.2, -0.15) is 0 Å². The van der Waals surface area contributed by atoms with Gasteiger partial charge in [-0.3, -0.25) is 19.4 Å². The quantitative estimate of drug-likeness (QED) is 0.107. The van der Waals surface area contributed by atoms with E-state index in [2.05, 4.69) is 20.9 Å². The number of pyridine rings is 1. The van der Waals surface area contributed by atoms with E-state index in [9.17, 15) is 18.8 Å². The maximum absolute atomic E-state index is 13.6. The van der Waals surface area contributed by atoms with Gasteiger partial charge in [-0.1, -0.05) is 66.2 Å². The molecule has 10 heteroatoms. The topological polar surface area (TPSA) is 100 Å². The van der Waals surface area contributed by atoms with Crippen LogP contribution in [-0.2, 0) is 9.59 Å². The monoisotopic (exact) mass is 636 g/mol. The molecule has 0 aliphatic heterocycles. The van der Waals surface area contributed by atoms with E-state index in [-0.39, 0.29) is 16.6 Å². The largest absolute Gasteiger partial charge is 0.325 e. The van der Waals surface area contributed by atoms with Gasteiger partial charge in [0.1, 0.15) is 16.8 Å². The van der Waals surface area contributed by atoms with Crippen LogP contribution in [0.15, 0.2) is 138 Å². The number of nitrogens with zero attached hydrogens (tertiary/aromatic N) is 1. The fourth-order valence-corrected chi connectivity index (χ4v) is 5.41. The van der Waals surface area contributed by atoms with Gasteiger partial charge in [0, 0.05) is 34.2 Å². The average molecular weight is 637 g/mol. The summed E-state index contributed by atoms with van der Waals surface area (Å²) in [5.74, 6) is -1.84. The summed E-state index contributed by atoms with van der Waals surface area (Å²) in [7, 11) is 0. The van der Waals surface area contributed by atoms with Gasteiger partial charge in [-0.05, 0) is 77.9 Å². The van der Waals surface area contributed by atoms with Gasteiger partial charge in [0.25, 0.3) is 11.8 Å². The molecule has 0 aliphatic carbocycles. The molecule has 4 aromatic carbocycles. The van der Waals surface area contributed by atoms with Crippen molar-refractivity contribution in [3.8, 4) is 0 Å². The molecule has 1 aromatic heterocycles. The molecule has 1 unspecified atom stereocenters. The first-order chi connectivity index (χ1) is 21.9. The summed E-state index contributed by atoms with van der Waals surface area (Å²) in [5.41, 5.74) is 2.71. The van der Waals surface area contributed by atoms with Crippen LogP contribution in [0.1, 0.15) is 26.7 Å². The van der Waals surface area contributed by atoms with Crippen LogP contribution in [0.2, 0.25) is 5.02 Å². The SMILES string of the molecule is O=C(Nc1ccc(SC(C(=O)Nc2ccc(F)c(Cl)c2)c2ccccc2)cc1)/C(=C/c1cccnc1)NC(=O)c1ccccc1. The summed E-state index contributed by atoms with van der Waals surface area (Å²) in [6, 6.07) is 32.3. The average Bonchev–Trinajstić information content (AvgIpc) is 3.07. The van der Waals surface area contributed by atoms with Crippen LogP contribution in [0.3, 0.4) is 0 Å². The summed E-state index contributed by atoms with van der Waals surface area (Å²) in [5, 5.41) is 7.61. The molecule has 0 aliphatic rings. The van der Waals surface area contributed by atoms with Crippen molar-refractivity contribution in [1.82, 2.24) is 10.3 Å². The summed E-state index contributed by atoms with van der Waals surface area (Å²) in [6.07, 6.45) is 4.74. The number of aromatic nitrogens is 1. The first-order valence-corrected chi connectivity index (χ1v) is 15.0. The minimum Gasteiger partial charge on any atom is -0.325 e. The normalized spacial score (nSPS) is 11.7. The summed E-state index contributed by atoms with van der Waals surface area (Å²) in [4.78, 5) is 44.4. The highest BCUT2D eigenvalue weighted by molar-refractivity contribution is 8.00. The van der Waals surface area contributed by atoms with E-state index in [1.807, 2.05) is 30.3 Å². The summed E-state index contributed by atoms with van der Waals surface area (Å²) < 4.78 is 13.6. The molecular formula is C35H26ClFN4O3S. The van der Waals surface area contributed by atoms with E-state index >= 15 is 0 Å². The molecule has 3 N–H and O–H groups in total. The van der Waals surface area contributed by atoms with Crippen molar-refractivity contribution < 1.29 is 18.8 Å². The number of carbonyl (C=O) groups is 3. The van der Waals surface area contributed by atoms with Gasteiger partial charge >= 0.3 is 0 Å². The van der Waals surface area contributed by atoms with Gasteiger partial charge in [0.15, 0.2) is 0 Å². The molecule has 1 heterocycles. The Kier molecular flexibility index (Phi) is 10.4. The first kappa shape index (κ1) is 31.2. The van der Waals surface area contributed by atoms with Crippen molar-refractivity contribution in [2.75, 3.05) is 10.6 Å². The second kappa shape index (κ2) is 15.0. The van der Waals surface area contributed by atoms with Crippen molar-refractivity contribution in [2.24, 2.45) is 0 Å². The Morgan fingerprint density at radius 3 is 2.16 bits per heavy atom. The van der Waals surface area contributed by atoms with Crippen molar-refractivity contribution in [2.45, 2.75) is 10.1 Å². The van der Waals surface area contributed by atoms with Gasteiger partial charge in [0.2, 0.25) is 5.91 Å². The second-order valence-electron chi connectivity index (χ2n) is 9.67. The van der Waals surface area contributed by atoms with E-state index in [1.54, 1.807) is 85.2 Å². The number of hydrogen-bond acceptors (Lipinski definition) is 5. The molecule has 7 nitrogen and oxygen atoms in total. The molecule has 3 amide bonds. The van der Waals surface area contributed by atoms with Crippen molar-refractivity contribution in [3.63, 3.8) is 0 Å². The third-order valence-corrected chi connectivity index (χ3v) is 7.97. The number of nitrogens with one attached hydrogen (secondary N) is 3. The third-order valence-electron chi connectivity index (χ3n) is 6.42. The fourth-order valence-electron chi connectivity index (χ4n) is 4.20. The molecule has 0 spiro atoms. The number of carbonyl (C=O) groups excluding carboxylic acids is 3. The summed E-state index contributed by atoms with van der Waals surface area (Å²) >= 11 is 7.21. The van der Waals surface area contributed by atoms with Crippen molar-refractivity contribution >= 4 is 58.5 Å². The number of thioether (sulfide) groups is 1. The van der Waals surface area contributed by atoms with Gasteiger partial charge in [0.05, 0.1) is 5.02 Å². The zero-order chi connectivity index (χ0) is 31.6. The predicted molar refractivity (Wildman–Crippen MR) is 176 cm³/mol. The Morgan fingerprint density at radius 1 is 0.800 bits per heavy atom. The van der Waals surface area contributed by atoms with Gasteiger partial charge in [-0.15, -0.1) is 11.8 Å². The summed E-state index contributed by atoms with van der Waals surface area (Å²) in [6.45, 7) is 0. The molecular weight excluding hydrogens is 611 g/mol. The number of rotatable bonds is 10. The molecule has 224 valence electrons. The Bertz CT molecular complexity index is 1820. The van der Waals surface area contributed by atoms with Crippen LogP contribution >= 0.6 is 23.4 Å². The number of hydrogen-bond donors (Lipinski definition) is 3. The van der Waals surface area contributed by atoms with Gasteiger partial charge in [-0.25, -0.2) is 4.39 Å². The maximum Gasteiger partial charge on any atom is 0.272 e. The Labute approximate surface area is 268 Å². The standard InChI is InChI=1S/C35H26ClFN4O3S/c36-29-21-27(15-18-30(29)37)40-35(44)32(24-9-3-1-4-10-24)45-28-16-13-26(14-17-28)39-34(43)31(20-23-8-7-19-38-22-23)41-33(42)25-11-5-2-6-12-25/h1-22,32H,(H,39,43)(H,40,44)(H,41,42)/b31-20-.